The zero-order valence-electron chi connectivity index (χ0n) is 7.63. The highest BCUT2D eigenvalue weighted by molar-refractivity contribution is 6.02. The van der Waals surface area contributed by atoms with E-state index in [1.165, 1.54) is 0 Å². The summed E-state index contributed by atoms with van der Waals surface area (Å²) in [6, 6.07) is 0. The molecule has 0 saturated carbocycles. The van der Waals surface area contributed by atoms with E-state index in [1.807, 2.05) is 6.92 Å². The quantitative estimate of drug-likeness (QED) is 0.644. The Labute approximate surface area is 76.7 Å². The number of carbonyl (C=O) groups excluding carboxylic acids is 3. The molecule has 72 valence electrons. The number of Topliss-reactive ketones (excluding diaryl/α,β-unsaturated/α-hetero) is 1. The molecule has 0 aliphatic carbocycles. The minimum absolute atomic E-state index is 0.0331. The average molecular weight is 183 g/mol. The number of piperidine rings is 1. The molecule has 0 atom stereocenters. The summed E-state index contributed by atoms with van der Waals surface area (Å²) in [5.74, 6) is -0.997. The lowest BCUT2D eigenvalue weighted by molar-refractivity contribution is -0.139. The van der Waals surface area contributed by atoms with Gasteiger partial charge in [-0.25, -0.2) is 0 Å². The molecule has 13 heavy (non-hydrogen) atoms. The van der Waals surface area contributed by atoms with Crippen molar-refractivity contribution in [3.8, 4) is 0 Å². The van der Waals surface area contributed by atoms with Crippen LogP contribution >= 0.6 is 0 Å². The van der Waals surface area contributed by atoms with Gasteiger partial charge in [-0.15, -0.1) is 0 Å². The number of nitrogens with one attached hydrogen (secondary N) is 1. The molecular weight excluding hydrogens is 170 g/mol. The van der Waals surface area contributed by atoms with Crippen LogP contribution < -0.4 is 5.32 Å². The molecule has 1 heterocycles. The van der Waals surface area contributed by atoms with Crippen LogP contribution in [0.25, 0.3) is 0 Å². The maximum absolute atomic E-state index is 11.4. The number of amides is 2. The number of hydrogen-bond acceptors (Lipinski definition) is 3. The Morgan fingerprint density at radius 3 is 2.38 bits per heavy atom. The van der Waals surface area contributed by atoms with Crippen LogP contribution in [0.5, 0.6) is 0 Å². The predicted molar refractivity (Wildman–Crippen MR) is 45.8 cm³/mol. The minimum atomic E-state index is -0.374. The van der Waals surface area contributed by atoms with Crippen molar-refractivity contribution in [2.24, 2.45) is 5.92 Å². The first-order valence-electron chi connectivity index (χ1n) is 4.49. The van der Waals surface area contributed by atoms with E-state index in [0.717, 1.165) is 6.42 Å². The van der Waals surface area contributed by atoms with Gasteiger partial charge in [-0.3, -0.25) is 19.7 Å². The Morgan fingerprint density at radius 2 is 1.92 bits per heavy atom. The lowest BCUT2D eigenvalue weighted by atomic mass is 9.90. The Hall–Kier alpha value is -1.19. The highest BCUT2D eigenvalue weighted by Crippen LogP contribution is 2.16. The molecule has 4 heteroatoms. The second kappa shape index (κ2) is 4.16. The standard InChI is InChI=1S/C9H13NO3/c1-2-3-7(11)6-4-8(12)10-9(13)5-6/h6H,2-5H2,1H3,(H,10,12,13). The molecular formula is C9H13NO3. The average Bonchev–Trinajstić information content (AvgIpc) is 2.03. The maximum atomic E-state index is 11.4. The van der Waals surface area contributed by atoms with Crippen LogP contribution in [-0.2, 0) is 14.4 Å². The Kier molecular flexibility index (Phi) is 3.17. The third kappa shape index (κ3) is 2.65. The summed E-state index contributed by atoms with van der Waals surface area (Å²) in [6.45, 7) is 1.91. The summed E-state index contributed by atoms with van der Waals surface area (Å²) in [5, 5.41) is 2.18. The van der Waals surface area contributed by atoms with E-state index in [0.29, 0.717) is 6.42 Å². The third-order valence-corrected chi connectivity index (χ3v) is 2.09. The molecule has 0 radical (unpaired) electrons. The highest BCUT2D eigenvalue weighted by Gasteiger charge is 2.29. The zero-order chi connectivity index (χ0) is 9.84. The molecule has 1 saturated heterocycles. The van der Waals surface area contributed by atoms with Gasteiger partial charge in [0.15, 0.2) is 0 Å². The van der Waals surface area contributed by atoms with Gasteiger partial charge in [0.2, 0.25) is 11.8 Å². The van der Waals surface area contributed by atoms with Crippen molar-refractivity contribution in [3.05, 3.63) is 0 Å². The van der Waals surface area contributed by atoms with Gasteiger partial charge in [-0.2, -0.15) is 0 Å². The minimum Gasteiger partial charge on any atom is -0.299 e. The second-order valence-corrected chi connectivity index (χ2v) is 3.29. The molecule has 1 aliphatic heterocycles. The van der Waals surface area contributed by atoms with Crippen LogP contribution in [0.1, 0.15) is 32.6 Å². The number of ketones is 1. The van der Waals surface area contributed by atoms with Gasteiger partial charge in [-0.05, 0) is 6.42 Å². The molecule has 0 unspecified atom stereocenters. The Balaban J connectivity index is 2.54. The Morgan fingerprint density at radius 1 is 1.38 bits per heavy atom. The monoisotopic (exact) mass is 183 g/mol. The van der Waals surface area contributed by atoms with Crippen molar-refractivity contribution in [2.45, 2.75) is 32.6 Å². The summed E-state index contributed by atoms with van der Waals surface area (Å²) >= 11 is 0. The van der Waals surface area contributed by atoms with E-state index in [4.69, 9.17) is 0 Å². The van der Waals surface area contributed by atoms with E-state index < -0.39 is 0 Å². The van der Waals surface area contributed by atoms with E-state index in [2.05, 4.69) is 5.32 Å². The fourth-order valence-electron chi connectivity index (χ4n) is 1.46. The number of rotatable bonds is 3. The van der Waals surface area contributed by atoms with Gasteiger partial charge in [0.25, 0.3) is 0 Å². The number of carbonyl (C=O) groups is 3. The van der Waals surface area contributed by atoms with Gasteiger partial charge < -0.3 is 0 Å². The molecule has 2 amide bonds. The van der Waals surface area contributed by atoms with Gasteiger partial charge in [0.1, 0.15) is 5.78 Å². The van der Waals surface area contributed by atoms with Crippen LogP contribution in [-0.4, -0.2) is 17.6 Å². The molecule has 1 rings (SSSR count). The zero-order valence-corrected chi connectivity index (χ0v) is 7.63. The first kappa shape index (κ1) is 9.89. The van der Waals surface area contributed by atoms with E-state index in [-0.39, 0.29) is 36.4 Å². The van der Waals surface area contributed by atoms with Crippen LogP contribution in [0.4, 0.5) is 0 Å². The Bertz CT molecular complexity index is 231. The summed E-state index contributed by atoms with van der Waals surface area (Å²) in [4.78, 5) is 33.2. The van der Waals surface area contributed by atoms with Gasteiger partial charge in [0.05, 0.1) is 0 Å². The van der Waals surface area contributed by atoms with Gasteiger partial charge >= 0.3 is 0 Å². The summed E-state index contributed by atoms with van der Waals surface area (Å²) < 4.78 is 0. The molecule has 1 N–H and O–H groups in total. The van der Waals surface area contributed by atoms with Gasteiger partial charge in [-0.1, -0.05) is 6.92 Å². The largest absolute Gasteiger partial charge is 0.299 e. The van der Waals surface area contributed by atoms with Crippen molar-refractivity contribution in [2.75, 3.05) is 0 Å². The molecule has 0 bridgehead atoms. The lowest BCUT2D eigenvalue weighted by Gasteiger charge is -2.19. The molecule has 0 aromatic heterocycles. The highest BCUT2D eigenvalue weighted by atomic mass is 16.2. The summed E-state index contributed by atoms with van der Waals surface area (Å²) in [6.07, 6.45) is 1.57. The van der Waals surface area contributed by atoms with Crippen molar-refractivity contribution in [1.82, 2.24) is 5.32 Å². The molecule has 0 aromatic rings. The van der Waals surface area contributed by atoms with Crippen LogP contribution in [0, 0.1) is 5.92 Å². The molecule has 1 aliphatic rings. The van der Waals surface area contributed by atoms with Crippen LogP contribution in [0.2, 0.25) is 0 Å². The molecule has 0 spiro atoms. The molecule has 1 fully saturated rings. The van der Waals surface area contributed by atoms with Crippen LogP contribution in [0.3, 0.4) is 0 Å². The van der Waals surface area contributed by atoms with Gasteiger partial charge in [0, 0.05) is 25.2 Å². The summed E-state index contributed by atoms with van der Waals surface area (Å²) in [5.41, 5.74) is 0. The van der Waals surface area contributed by atoms with Crippen LogP contribution in [0.15, 0.2) is 0 Å². The van der Waals surface area contributed by atoms with Crippen molar-refractivity contribution >= 4 is 17.6 Å². The number of imide groups is 1. The normalized spacial score (nSPS) is 18.5. The SMILES string of the molecule is CCCC(=O)C1CC(=O)NC(=O)C1. The van der Waals surface area contributed by atoms with Crippen molar-refractivity contribution in [1.29, 1.82) is 0 Å². The predicted octanol–water partition coefficient (Wildman–Crippen LogP) is 0.408. The van der Waals surface area contributed by atoms with Crippen molar-refractivity contribution < 1.29 is 14.4 Å². The second-order valence-electron chi connectivity index (χ2n) is 3.29. The first-order valence-corrected chi connectivity index (χ1v) is 4.49. The smallest absolute Gasteiger partial charge is 0.227 e. The fourth-order valence-corrected chi connectivity index (χ4v) is 1.46. The van der Waals surface area contributed by atoms with E-state index >= 15 is 0 Å². The fraction of sp³-hybridized carbons (Fsp3) is 0.667. The van der Waals surface area contributed by atoms with E-state index in [9.17, 15) is 14.4 Å². The molecule has 0 aromatic carbocycles. The summed E-state index contributed by atoms with van der Waals surface area (Å²) in [7, 11) is 0. The van der Waals surface area contributed by atoms with E-state index in [1.54, 1.807) is 0 Å². The first-order chi connectivity index (χ1) is 6.13. The maximum Gasteiger partial charge on any atom is 0.227 e. The topological polar surface area (TPSA) is 63.2 Å². The van der Waals surface area contributed by atoms with Crippen molar-refractivity contribution in [3.63, 3.8) is 0 Å². The lowest BCUT2D eigenvalue weighted by Crippen LogP contribution is -2.40. The molecule has 4 nitrogen and oxygen atoms in total. The third-order valence-electron chi connectivity index (χ3n) is 2.09. The number of hydrogen-bond donors (Lipinski definition) is 1.